The average molecular weight is 344 g/mol. The van der Waals surface area contributed by atoms with Crippen molar-refractivity contribution in [2.75, 3.05) is 5.73 Å². The number of nitrogen functional groups attached to an aromatic ring is 1. The first kappa shape index (κ1) is 15.3. The summed E-state index contributed by atoms with van der Waals surface area (Å²) in [6, 6.07) is 15.6. The summed E-state index contributed by atoms with van der Waals surface area (Å²) in [7, 11) is 0. The predicted octanol–water partition coefficient (Wildman–Crippen LogP) is 4.53. The standard InChI is InChI=1S/C22H20N2O2/c23-21-15-8-4-5-9-17(15)24-22-20(21)19(13-6-2-1-3-7-13)16-11-10-14(25)12-18(16)26-22/h1-3,6-7,10-12,19,25H,4-5,8-9H2,(H2,23,24). The summed E-state index contributed by atoms with van der Waals surface area (Å²) < 4.78 is 6.11. The van der Waals surface area contributed by atoms with Gasteiger partial charge in [-0.2, -0.15) is 0 Å². The van der Waals surface area contributed by atoms with Crippen molar-refractivity contribution < 1.29 is 9.84 Å². The molecule has 0 fully saturated rings. The Morgan fingerprint density at radius 3 is 2.69 bits per heavy atom. The largest absolute Gasteiger partial charge is 0.508 e. The number of fused-ring (bicyclic) bond motifs is 3. The van der Waals surface area contributed by atoms with Crippen LogP contribution in [0.5, 0.6) is 17.4 Å². The van der Waals surface area contributed by atoms with Gasteiger partial charge in [-0.3, -0.25) is 0 Å². The summed E-state index contributed by atoms with van der Waals surface area (Å²) in [4.78, 5) is 4.84. The van der Waals surface area contributed by atoms with Crippen molar-refractivity contribution in [1.29, 1.82) is 0 Å². The van der Waals surface area contributed by atoms with Crippen molar-refractivity contribution in [2.24, 2.45) is 0 Å². The maximum atomic E-state index is 9.91. The van der Waals surface area contributed by atoms with Crippen LogP contribution in [-0.2, 0) is 12.8 Å². The summed E-state index contributed by atoms with van der Waals surface area (Å²) in [5, 5.41) is 9.91. The van der Waals surface area contributed by atoms with Crippen LogP contribution >= 0.6 is 0 Å². The fourth-order valence-electron chi connectivity index (χ4n) is 4.22. The molecule has 1 aliphatic heterocycles. The summed E-state index contributed by atoms with van der Waals surface area (Å²) >= 11 is 0. The van der Waals surface area contributed by atoms with E-state index in [0.29, 0.717) is 11.6 Å². The van der Waals surface area contributed by atoms with E-state index in [9.17, 15) is 5.11 Å². The number of ether oxygens (including phenoxy) is 1. The Labute approximate surface area is 152 Å². The van der Waals surface area contributed by atoms with E-state index in [2.05, 4.69) is 12.1 Å². The minimum Gasteiger partial charge on any atom is -0.508 e. The number of benzene rings is 2. The second-order valence-electron chi connectivity index (χ2n) is 7.04. The van der Waals surface area contributed by atoms with Gasteiger partial charge >= 0.3 is 0 Å². The summed E-state index contributed by atoms with van der Waals surface area (Å²) in [6.07, 6.45) is 4.21. The zero-order valence-corrected chi connectivity index (χ0v) is 14.4. The number of pyridine rings is 1. The van der Waals surface area contributed by atoms with Gasteiger partial charge in [-0.25, -0.2) is 4.98 Å². The molecule has 3 aromatic rings. The molecular weight excluding hydrogens is 324 g/mol. The van der Waals surface area contributed by atoms with Crippen molar-refractivity contribution in [1.82, 2.24) is 4.98 Å². The van der Waals surface area contributed by atoms with E-state index >= 15 is 0 Å². The van der Waals surface area contributed by atoms with Crippen LogP contribution in [0.2, 0.25) is 0 Å². The first-order valence-corrected chi connectivity index (χ1v) is 9.09. The van der Waals surface area contributed by atoms with Crippen LogP contribution in [0.25, 0.3) is 0 Å². The Balaban J connectivity index is 1.79. The van der Waals surface area contributed by atoms with Gasteiger partial charge in [0.15, 0.2) is 0 Å². The van der Waals surface area contributed by atoms with Gasteiger partial charge < -0.3 is 15.6 Å². The molecule has 4 nitrogen and oxygen atoms in total. The van der Waals surface area contributed by atoms with E-state index in [0.717, 1.165) is 53.8 Å². The lowest BCUT2D eigenvalue weighted by Gasteiger charge is -2.31. The highest BCUT2D eigenvalue weighted by atomic mass is 16.5. The SMILES string of the molecule is Nc1c2c(nc3c1C(c1ccccc1)c1ccc(O)cc1O3)CCCC2. The molecule has 2 aliphatic rings. The van der Waals surface area contributed by atoms with Crippen LogP contribution in [0.15, 0.2) is 48.5 Å². The van der Waals surface area contributed by atoms with E-state index in [1.54, 1.807) is 12.1 Å². The molecule has 0 saturated carbocycles. The Kier molecular flexibility index (Phi) is 3.38. The monoisotopic (exact) mass is 344 g/mol. The molecule has 0 bridgehead atoms. The van der Waals surface area contributed by atoms with Gasteiger partial charge in [-0.05, 0) is 42.9 Å². The number of anilines is 1. The average Bonchev–Trinajstić information content (AvgIpc) is 2.67. The van der Waals surface area contributed by atoms with Gasteiger partial charge in [0.05, 0.1) is 0 Å². The maximum Gasteiger partial charge on any atom is 0.225 e. The number of aromatic hydroxyl groups is 1. The number of phenols is 1. The fourth-order valence-corrected chi connectivity index (χ4v) is 4.22. The van der Waals surface area contributed by atoms with E-state index in [4.69, 9.17) is 15.5 Å². The van der Waals surface area contributed by atoms with Gasteiger partial charge in [-0.1, -0.05) is 36.4 Å². The van der Waals surface area contributed by atoms with Crippen molar-refractivity contribution in [3.05, 3.63) is 76.5 Å². The first-order chi connectivity index (χ1) is 12.7. The number of phenolic OH excluding ortho intramolecular Hbond substituents is 1. The summed E-state index contributed by atoms with van der Waals surface area (Å²) in [5.41, 5.74) is 12.8. The second-order valence-corrected chi connectivity index (χ2v) is 7.04. The van der Waals surface area contributed by atoms with Crippen LogP contribution in [0.4, 0.5) is 5.69 Å². The van der Waals surface area contributed by atoms with Crippen molar-refractivity contribution in [2.45, 2.75) is 31.6 Å². The third kappa shape index (κ3) is 2.25. The number of hydrogen-bond acceptors (Lipinski definition) is 4. The van der Waals surface area contributed by atoms with Crippen molar-refractivity contribution in [3.63, 3.8) is 0 Å². The molecule has 4 heteroatoms. The fraction of sp³-hybridized carbons (Fsp3) is 0.227. The smallest absolute Gasteiger partial charge is 0.225 e. The van der Waals surface area contributed by atoms with E-state index in [1.165, 1.54) is 5.56 Å². The normalized spacial score (nSPS) is 17.6. The molecule has 1 unspecified atom stereocenters. The molecule has 2 aromatic carbocycles. The topological polar surface area (TPSA) is 68.4 Å². The predicted molar refractivity (Wildman–Crippen MR) is 101 cm³/mol. The molecule has 26 heavy (non-hydrogen) atoms. The lowest BCUT2D eigenvalue weighted by atomic mass is 9.80. The van der Waals surface area contributed by atoms with Crippen molar-refractivity contribution in [3.8, 4) is 17.4 Å². The Morgan fingerprint density at radius 1 is 1.04 bits per heavy atom. The van der Waals surface area contributed by atoms with Gasteiger partial charge in [0.25, 0.3) is 0 Å². The highest BCUT2D eigenvalue weighted by Gasteiger charge is 2.34. The van der Waals surface area contributed by atoms with Gasteiger partial charge in [0.2, 0.25) is 5.88 Å². The van der Waals surface area contributed by atoms with Crippen LogP contribution in [-0.4, -0.2) is 10.1 Å². The highest BCUT2D eigenvalue weighted by Crippen LogP contribution is 2.51. The zero-order chi connectivity index (χ0) is 17.7. The van der Waals surface area contributed by atoms with E-state index in [1.807, 2.05) is 24.3 Å². The van der Waals surface area contributed by atoms with Crippen LogP contribution < -0.4 is 10.5 Å². The molecule has 0 amide bonds. The third-order valence-corrected chi connectivity index (χ3v) is 5.46. The van der Waals surface area contributed by atoms with Gasteiger partial charge in [0, 0.05) is 34.5 Å². The minimum absolute atomic E-state index is 0.0460. The quantitative estimate of drug-likeness (QED) is 0.532. The molecular formula is C22H20N2O2. The lowest BCUT2D eigenvalue weighted by molar-refractivity contribution is 0.420. The molecule has 1 aromatic heterocycles. The summed E-state index contributed by atoms with van der Waals surface area (Å²) in [5.74, 6) is 1.37. The molecule has 0 spiro atoms. The van der Waals surface area contributed by atoms with Gasteiger partial charge in [-0.15, -0.1) is 0 Å². The number of aromatic nitrogens is 1. The molecule has 1 atom stereocenters. The second kappa shape index (κ2) is 5.77. The summed E-state index contributed by atoms with van der Waals surface area (Å²) in [6.45, 7) is 0. The Bertz CT molecular complexity index is 999. The number of nitrogens with zero attached hydrogens (tertiary/aromatic N) is 1. The lowest BCUT2D eigenvalue weighted by Crippen LogP contribution is -2.19. The Hall–Kier alpha value is -3.01. The molecule has 0 radical (unpaired) electrons. The molecule has 130 valence electrons. The number of nitrogens with two attached hydrogens (primary N) is 1. The highest BCUT2D eigenvalue weighted by molar-refractivity contribution is 5.69. The molecule has 3 N–H and O–H groups in total. The van der Waals surface area contributed by atoms with Gasteiger partial charge in [0.1, 0.15) is 11.5 Å². The molecule has 0 saturated heterocycles. The van der Waals surface area contributed by atoms with Crippen LogP contribution in [0.1, 0.15) is 46.7 Å². The van der Waals surface area contributed by atoms with E-state index < -0.39 is 0 Å². The molecule has 2 heterocycles. The first-order valence-electron chi connectivity index (χ1n) is 9.09. The third-order valence-electron chi connectivity index (χ3n) is 5.46. The zero-order valence-electron chi connectivity index (χ0n) is 14.4. The van der Waals surface area contributed by atoms with E-state index in [-0.39, 0.29) is 11.7 Å². The maximum absolute atomic E-state index is 9.91. The van der Waals surface area contributed by atoms with Crippen LogP contribution in [0.3, 0.4) is 0 Å². The number of hydrogen-bond donors (Lipinski definition) is 2. The van der Waals surface area contributed by atoms with Crippen LogP contribution in [0, 0.1) is 0 Å². The number of aryl methyl sites for hydroxylation is 1. The van der Waals surface area contributed by atoms with Crippen molar-refractivity contribution >= 4 is 5.69 Å². The Morgan fingerprint density at radius 2 is 1.85 bits per heavy atom. The minimum atomic E-state index is -0.0460. The number of rotatable bonds is 1. The molecule has 5 rings (SSSR count). The molecule has 1 aliphatic carbocycles.